The molecule has 0 unspecified atom stereocenters. The first kappa shape index (κ1) is 10.4. The van der Waals surface area contributed by atoms with Crippen molar-refractivity contribution in [2.75, 3.05) is 0 Å². The zero-order chi connectivity index (χ0) is 10.9. The Kier molecular flexibility index (Phi) is 2.66. The Hall–Kier alpha value is -1.69. The van der Waals surface area contributed by atoms with Gasteiger partial charge in [-0.1, -0.05) is 11.6 Å². The predicted molar refractivity (Wildman–Crippen MR) is 48.3 cm³/mol. The molecule has 0 fully saturated rings. The fourth-order valence-corrected chi connectivity index (χ4v) is 1.07. The highest BCUT2D eigenvalue weighted by Gasteiger charge is 2.21. The normalized spacial score (nSPS) is 9.86. The van der Waals surface area contributed by atoms with Crippen LogP contribution >= 0.6 is 11.6 Å². The van der Waals surface area contributed by atoms with Crippen LogP contribution in [0.2, 0.25) is 5.02 Å². The summed E-state index contributed by atoms with van der Waals surface area (Å²) in [6.45, 7) is 1.42. The van der Waals surface area contributed by atoms with Gasteiger partial charge in [0, 0.05) is 0 Å². The van der Waals surface area contributed by atoms with Gasteiger partial charge in [0.05, 0.1) is 22.0 Å². The molecule has 14 heavy (non-hydrogen) atoms. The van der Waals surface area contributed by atoms with Gasteiger partial charge in [-0.25, -0.2) is 0 Å². The van der Waals surface area contributed by atoms with Gasteiger partial charge in [-0.2, -0.15) is 0 Å². The quantitative estimate of drug-likeness (QED) is 0.559. The Morgan fingerprint density at radius 1 is 1.36 bits per heavy atom. The molecule has 0 aromatic heterocycles. The molecular weight excluding hydrogens is 212 g/mol. The van der Waals surface area contributed by atoms with Crippen LogP contribution in [0.3, 0.4) is 0 Å². The Morgan fingerprint density at radius 3 is 2.36 bits per heavy atom. The van der Waals surface area contributed by atoms with Crippen molar-refractivity contribution >= 4 is 23.0 Å². The molecule has 1 radical (unpaired) electrons. The third-order valence-corrected chi connectivity index (χ3v) is 2.01. The first-order valence-corrected chi connectivity index (χ1v) is 3.82. The summed E-state index contributed by atoms with van der Waals surface area (Å²) in [6, 6.07) is 3.12. The highest BCUT2D eigenvalue weighted by Crippen LogP contribution is 2.31. The number of hydrogen-bond donors (Lipinski definition) is 0. The zero-order valence-corrected chi connectivity index (χ0v) is 7.74. The second kappa shape index (κ2) is 3.59. The van der Waals surface area contributed by atoms with Crippen molar-refractivity contribution < 1.29 is 9.85 Å². The van der Waals surface area contributed by atoms with E-state index in [1.807, 2.05) is 0 Å². The Morgan fingerprint density at radius 2 is 1.93 bits per heavy atom. The molecule has 0 spiro atoms. The lowest BCUT2D eigenvalue weighted by Crippen LogP contribution is -1.95. The van der Waals surface area contributed by atoms with Gasteiger partial charge in [-0.05, 0) is 12.5 Å². The number of non-ortho nitro benzene ring substituents is 1. The van der Waals surface area contributed by atoms with Crippen LogP contribution in [0.1, 0.15) is 5.56 Å². The standard InChI is InChI=1S/C7H4ClN2O4/c1-4-2-5(9(11)12)3-6(7(4)8)10(13)14/h3H,1H3. The summed E-state index contributed by atoms with van der Waals surface area (Å²) in [5.74, 6) is 0. The second-order valence-corrected chi connectivity index (χ2v) is 2.87. The van der Waals surface area contributed by atoms with Crippen molar-refractivity contribution in [1.82, 2.24) is 0 Å². The molecule has 0 heterocycles. The predicted octanol–water partition coefficient (Wildman–Crippen LogP) is 2.27. The number of nitro groups is 2. The smallest absolute Gasteiger partial charge is 0.258 e. The number of hydrogen-bond acceptors (Lipinski definition) is 4. The van der Waals surface area contributed by atoms with Gasteiger partial charge >= 0.3 is 0 Å². The summed E-state index contributed by atoms with van der Waals surface area (Å²) in [5.41, 5.74) is -0.749. The lowest BCUT2D eigenvalue weighted by Gasteiger charge is -1.98. The van der Waals surface area contributed by atoms with Crippen molar-refractivity contribution in [3.63, 3.8) is 0 Å². The van der Waals surface area contributed by atoms with E-state index in [-0.39, 0.29) is 10.6 Å². The van der Waals surface area contributed by atoms with Gasteiger partial charge in [0.2, 0.25) is 0 Å². The monoisotopic (exact) mass is 215 g/mol. The van der Waals surface area contributed by atoms with E-state index < -0.39 is 21.2 Å². The molecular formula is C7H4ClN2O4. The topological polar surface area (TPSA) is 86.3 Å². The number of halogens is 1. The second-order valence-electron chi connectivity index (χ2n) is 2.49. The third-order valence-electron chi connectivity index (χ3n) is 1.54. The lowest BCUT2D eigenvalue weighted by atomic mass is 10.2. The van der Waals surface area contributed by atoms with Gasteiger partial charge in [-0.15, -0.1) is 0 Å². The van der Waals surface area contributed by atoms with E-state index >= 15 is 0 Å². The van der Waals surface area contributed by atoms with Gasteiger partial charge < -0.3 is 0 Å². The highest BCUT2D eigenvalue weighted by molar-refractivity contribution is 6.33. The number of rotatable bonds is 2. The molecule has 1 aromatic rings. The zero-order valence-electron chi connectivity index (χ0n) is 6.98. The van der Waals surface area contributed by atoms with Crippen molar-refractivity contribution in [1.29, 1.82) is 0 Å². The van der Waals surface area contributed by atoms with Crippen LogP contribution in [0.25, 0.3) is 0 Å². The minimum atomic E-state index is -0.768. The molecule has 0 aliphatic rings. The first-order chi connectivity index (χ1) is 6.43. The third kappa shape index (κ3) is 1.80. The van der Waals surface area contributed by atoms with Crippen LogP contribution in [0.4, 0.5) is 11.4 Å². The Labute approximate surface area is 83.4 Å². The van der Waals surface area contributed by atoms with Gasteiger partial charge in [0.1, 0.15) is 5.02 Å². The lowest BCUT2D eigenvalue weighted by molar-refractivity contribution is -0.394. The molecule has 0 atom stereocenters. The van der Waals surface area contributed by atoms with E-state index in [4.69, 9.17) is 11.6 Å². The molecule has 1 rings (SSSR count). The molecule has 6 nitrogen and oxygen atoms in total. The van der Waals surface area contributed by atoms with Crippen LogP contribution in [-0.2, 0) is 0 Å². The molecule has 0 amide bonds. The molecule has 7 heteroatoms. The maximum Gasteiger partial charge on any atom is 0.295 e. The molecule has 0 saturated heterocycles. The number of aryl methyl sites for hydroxylation is 1. The van der Waals surface area contributed by atoms with Gasteiger partial charge in [0.15, 0.2) is 0 Å². The van der Waals surface area contributed by atoms with Gasteiger partial charge in [0.25, 0.3) is 11.4 Å². The van der Waals surface area contributed by atoms with Crippen LogP contribution < -0.4 is 0 Å². The van der Waals surface area contributed by atoms with Crippen LogP contribution in [0.5, 0.6) is 0 Å². The average molecular weight is 216 g/mol. The first-order valence-electron chi connectivity index (χ1n) is 3.44. The van der Waals surface area contributed by atoms with Crippen molar-refractivity contribution in [2.24, 2.45) is 0 Å². The van der Waals surface area contributed by atoms with Crippen molar-refractivity contribution in [3.8, 4) is 0 Å². The van der Waals surface area contributed by atoms with E-state index in [0.29, 0.717) is 0 Å². The van der Waals surface area contributed by atoms with Crippen LogP contribution in [-0.4, -0.2) is 9.85 Å². The molecule has 73 valence electrons. The van der Waals surface area contributed by atoms with E-state index in [0.717, 1.165) is 6.07 Å². The summed E-state index contributed by atoms with van der Waals surface area (Å²) in [7, 11) is 0. The SMILES string of the molecule is Cc1[c]c([N+](=O)[O-])cc([N+](=O)[O-])c1Cl. The van der Waals surface area contributed by atoms with E-state index in [2.05, 4.69) is 6.07 Å². The van der Waals surface area contributed by atoms with Crippen molar-refractivity contribution in [3.05, 3.63) is 42.9 Å². The number of benzene rings is 1. The summed E-state index contributed by atoms with van der Waals surface area (Å²) in [5, 5.41) is 20.7. The minimum Gasteiger partial charge on any atom is -0.258 e. The maximum absolute atomic E-state index is 10.4. The molecule has 1 aromatic carbocycles. The van der Waals surface area contributed by atoms with E-state index in [9.17, 15) is 20.2 Å². The highest BCUT2D eigenvalue weighted by atomic mass is 35.5. The van der Waals surface area contributed by atoms with Crippen LogP contribution in [0.15, 0.2) is 6.07 Å². The molecule has 0 saturated carbocycles. The minimum absolute atomic E-state index is 0.124. The molecule has 0 bridgehead atoms. The summed E-state index contributed by atoms with van der Waals surface area (Å²) in [6.07, 6.45) is 0. The molecule has 0 N–H and O–H groups in total. The number of nitrogens with zero attached hydrogens (tertiary/aromatic N) is 2. The van der Waals surface area contributed by atoms with Gasteiger partial charge in [-0.3, -0.25) is 20.2 Å². The maximum atomic E-state index is 10.4. The Balaban J connectivity index is 3.43. The van der Waals surface area contributed by atoms with Crippen LogP contribution in [0, 0.1) is 33.2 Å². The summed E-state index contributed by atoms with van der Waals surface area (Å²) >= 11 is 5.57. The fourth-order valence-electron chi connectivity index (χ4n) is 0.899. The summed E-state index contributed by atoms with van der Waals surface area (Å²) in [4.78, 5) is 19.3. The van der Waals surface area contributed by atoms with Crippen molar-refractivity contribution in [2.45, 2.75) is 6.92 Å². The van der Waals surface area contributed by atoms with E-state index in [1.165, 1.54) is 6.92 Å². The number of nitro benzene ring substituents is 2. The average Bonchev–Trinajstić information content (AvgIpc) is 2.08. The largest absolute Gasteiger partial charge is 0.295 e. The fraction of sp³-hybridized carbons (Fsp3) is 0.143. The molecule has 0 aliphatic heterocycles. The Bertz CT molecular complexity index is 418. The van der Waals surface area contributed by atoms with E-state index in [1.54, 1.807) is 0 Å². The summed E-state index contributed by atoms with van der Waals surface area (Å²) < 4.78 is 0. The molecule has 0 aliphatic carbocycles.